The number of hydrogen-bond donors (Lipinski definition) is 0. The summed E-state index contributed by atoms with van der Waals surface area (Å²) in [6.45, 7) is 2.23. The van der Waals surface area contributed by atoms with Crippen LogP contribution in [0.5, 0.6) is 0 Å². The standard InChI is InChI=1S/C18H22F3N3S2/c1-12-22-9-17(26-12)24(16-8-15(16)13-4-7-25-10-13)14-2-5-23(6-3-14)11-18(19,20)21/h4,7,9-10,14-16H,2-3,5-6,8,11H2,1H3. The minimum absolute atomic E-state index is 0.299. The summed E-state index contributed by atoms with van der Waals surface area (Å²) in [5.74, 6) is 0.539. The molecule has 2 aromatic heterocycles. The number of thiazole rings is 1. The van der Waals surface area contributed by atoms with Crippen LogP contribution in [0.15, 0.2) is 23.0 Å². The predicted molar refractivity (Wildman–Crippen MR) is 100 cm³/mol. The van der Waals surface area contributed by atoms with E-state index >= 15 is 0 Å². The van der Waals surface area contributed by atoms with E-state index in [0.29, 0.717) is 31.1 Å². The van der Waals surface area contributed by atoms with Gasteiger partial charge in [0.05, 0.1) is 17.7 Å². The Morgan fingerprint density at radius 1 is 1.31 bits per heavy atom. The third-order valence-electron chi connectivity index (χ3n) is 5.30. The van der Waals surface area contributed by atoms with Crippen LogP contribution in [0, 0.1) is 6.92 Å². The smallest absolute Gasteiger partial charge is 0.355 e. The van der Waals surface area contributed by atoms with Crippen molar-refractivity contribution in [2.75, 3.05) is 24.5 Å². The van der Waals surface area contributed by atoms with E-state index < -0.39 is 12.7 Å². The highest BCUT2D eigenvalue weighted by molar-refractivity contribution is 7.15. The van der Waals surface area contributed by atoms with Crippen molar-refractivity contribution in [3.63, 3.8) is 0 Å². The van der Waals surface area contributed by atoms with Gasteiger partial charge in [0.1, 0.15) is 5.00 Å². The van der Waals surface area contributed by atoms with Crippen molar-refractivity contribution in [2.24, 2.45) is 0 Å². The summed E-state index contributed by atoms with van der Waals surface area (Å²) in [6, 6.07) is 2.94. The number of aromatic nitrogens is 1. The fourth-order valence-electron chi connectivity index (χ4n) is 4.03. The molecule has 3 nitrogen and oxygen atoms in total. The van der Waals surface area contributed by atoms with Gasteiger partial charge in [-0.2, -0.15) is 24.5 Å². The van der Waals surface area contributed by atoms with Crippen LogP contribution in [0.25, 0.3) is 0 Å². The SMILES string of the molecule is Cc1ncc(N(C2CCN(CC(F)(F)F)CC2)C2CC2c2ccsc2)s1. The third kappa shape index (κ3) is 4.07. The fourth-order valence-corrected chi connectivity index (χ4v) is 5.65. The highest BCUT2D eigenvalue weighted by Crippen LogP contribution is 2.49. The molecule has 3 heterocycles. The Bertz CT molecular complexity index is 720. The number of nitrogens with zero attached hydrogens (tertiary/aromatic N) is 3. The van der Waals surface area contributed by atoms with Crippen molar-refractivity contribution in [3.05, 3.63) is 33.6 Å². The lowest BCUT2D eigenvalue weighted by Crippen LogP contribution is -2.48. The maximum Gasteiger partial charge on any atom is 0.401 e. The Morgan fingerprint density at radius 2 is 2.08 bits per heavy atom. The first-order valence-electron chi connectivity index (χ1n) is 8.93. The van der Waals surface area contributed by atoms with Crippen LogP contribution in [-0.4, -0.2) is 47.8 Å². The van der Waals surface area contributed by atoms with E-state index in [1.54, 1.807) is 22.7 Å². The second kappa shape index (κ2) is 7.13. The van der Waals surface area contributed by atoms with Gasteiger partial charge in [-0.25, -0.2) is 4.98 Å². The van der Waals surface area contributed by atoms with Gasteiger partial charge in [-0.15, -0.1) is 11.3 Å². The molecule has 0 amide bonds. The van der Waals surface area contributed by atoms with Gasteiger partial charge in [0.15, 0.2) is 0 Å². The lowest BCUT2D eigenvalue weighted by Gasteiger charge is -2.39. The zero-order valence-electron chi connectivity index (χ0n) is 14.6. The summed E-state index contributed by atoms with van der Waals surface area (Å²) in [5.41, 5.74) is 1.39. The molecule has 1 aliphatic heterocycles. The second-order valence-electron chi connectivity index (χ2n) is 7.21. The Balaban J connectivity index is 1.47. The summed E-state index contributed by atoms with van der Waals surface area (Å²) in [7, 11) is 0. The molecule has 1 saturated carbocycles. The maximum atomic E-state index is 12.7. The quantitative estimate of drug-likeness (QED) is 0.710. The van der Waals surface area contributed by atoms with E-state index in [-0.39, 0.29) is 0 Å². The molecule has 0 radical (unpaired) electrons. The summed E-state index contributed by atoms with van der Waals surface area (Å²) < 4.78 is 38.0. The van der Waals surface area contributed by atoms with Gasteiger partial charge in [0.2, 0.25) is 0 Å². The molecule has 0 spiro atoms. The molecule has 4 rings (SSSR count). The zero-order chi connectivity index (χ0) is 18.3. The molecule has 26 heavy (non-hydrogen) atoms. The van der Waals surface area contributed by atoms with E-state index in [0.717, 1.165) is 24.3 Å². The number of alkyl halides is 3. The molecule has 1 saturated heterocycles. The summed E-state index contributed by atoms with van der Waals surface area (Å²) in [6.07, 6.45) is 0.503. The molecule has 2 unspecified atom stereocenters. The number of rotatable bonds is 5. The molecular formula is C18H22F3N3S2. The largest absolute Gasteiger partial charge is 0.401 e. The van der Waals surface area contributed by atoms with Gasteiger partial charge in [-0.05, 0) is 48.6 Å². The lowest BCUT2D eigenvalue weighted by molar-refractivity contribution is -0.147. The van der Waals surface area contributed by atoms with Crippen LogP contribution in [0.4, 0.5) is 18.2 Å². The van der Waals surface area contributed by atoms with Crippen molar-refractivity contribution < 1.29 is 13.2 Å². The highest BCUT2D eigenvalue weighted by atomic mass is 32.1. The predicted octanol–water partition coefficient (Wildman–Crippen LogP) is 4.90. The molecule has 2 fully saturated rings. The molecule has 0 bridgehead atoms. The molecule has 8 heteroatoms. The number of hydrogen-bond acceptors (Lipinski definition) is 5. The maximum absolute atomic E-state index is 12.7. The van der Waals surface area contributed by atoms with Crippen molar-refractivity contribution in [2.45, 2.75) is 50.4 Å². The minimum atomic E-state index is -4.11. The Kier molecular flexibility index (Phi) is 5.00. The summed E-state index contributed by atoms with van der Waals surface area (Å²) in [4.78, 5) is 8.42. The van der Waals surface area contributed by atoms with Crippen LogP contribution in [0.1, 0.15) is 35.8 Å². The summed E-state index contributed by atoms with van der Waals surface area (Å²) >= 11 is 3.41. The second-order valence-corrected chi connectivity index (χ2v) is 9.21. The first-order valence-corrected chi connectivity index (χ1v) is 10.7. The molecule has 142 valence electrons. The Morgan fingerprint density at radius 3 is 2.65 bits per heavy atom. The lowest BCUT2D eigenvalue weighted by atomic mass is 10.0. The van der Waals surface area contributed by atoms with Crippen LogP contribution in [0.2, 0.25) is 0 Å². The fraction of sp³-hybridized carbons (Fsp3) is 0.611. The van der Waals surface area contributed by atoms with Crippen molar-refractivity contribution >= 4 is 27.7 Å². The monoisotopic (exact) mass is 401 g/mol. The van der Waals surface area contributed by atoms with Crippen LogP contribution in [-0.2, 0) is 0 Å². The van der Waals surface area contributed by atoms with Crippen LogP contribution in [0.3, 0.4) is 0 Å². The molecule has 0 aromatic carbocycles. The minimum Gasteiger partial charge on any atom is -0.355 e. The first kappa shape index (κ1) is 18.3. The van der Waals surface area contributed by atoms with Gasteiger partial charge < -0.3 is 4.90 Å². The van der Waals surface area contributed by atoms with E-state index in [1.807, 2.05) is 13.1 Å². The third-order valence-corrected chi connectivity index (χ3v) is 6.93. The topological polar surface area (TPSA) is 19.4 Å². The van der Waals surface area contributed by atoms with Gasteiger partial charge in [0.25, 0.3) is 0 Å². The van der Waals surface area contributed by atoms with E-state index in [4.69, 9.17) is 0 Å². The number of aryl methyl sites for hydroxylation is 1. The molecule has 0 N–H and O–H groups in total. The molecule has 2 atom stereocenters. The number of halogens is 3. The van der Waals surface area contributed by atoms with Crippen molar-refractivity contribution in [1.82, 2.24) is 9.88 Å². The normalized spacial score (nSPS) is 24.8. The highest BCUT2D eigenvalue weighted by Gasteiger charge is 2.46. The number of anilines is 1. The number of thiophene rings is 1. The summed E-state index contributed by atoms with van der Waals surface area (Å²) in [5, 5.41) is 6.53. The van der Waals surface area contributed by atoms with E-state index in [2.05, 4.69) is 26.7 Å². The molecule has 2 aliphatic rings. The Hall–Kier alpha value is -1.12. The average Bonchev–Trinajstić information content (AvgIpc) is 2.96. The number of piperidine rings is 1. The first-order chi connectivity index (χ1) is 12.4. The van der Waals surface area contributed by atoms with Crippen LogP contribution < -0.4 is 4.90 Å². The van der Waals surface area contributed by atoms with Crippen LogP contribution >= 0.6 is 22.7 Å². The Labute approximate surface area is 159 Å². The van der Waals surface area contributed by atoms with Crippen molar-refractivity contribution in [3.8, 4) is 0 Å². The number of likely N-dealkylation sites (tertiary alicyclic amines) is 1. The van der Waals surface area contributed by atoms with Gasteiger partial charge in [-0.1, -0.05) is 0 Å². The average molecular weight is 402 g/mol. The zero-order valence-corrected chi connectivity index (χ0v) is 16.2. The van der Waals surface area contributed by atoms with E-state index in [1.165, 1.54) is 15.5 Å². The van der Waals surface area contributed by atoms with E-state index in [9.17, 15) is 13.2 Å². The molecule has 2 aromatic rings. The van der Waals surface area contributed by atoms with Gasteiger partial charge >= 0.3 is 6.18 Å². The molecule has 1 aliphatic carbocycles. The van der Waals surface area contributed by atoms with Crippen molar-refractivity contribution in [1.29, 1.82) is 0 Å². The van der Waals surface area contributed by atoms with Gasteiger partial charge in [-0.3, -0.25) is 4.90 Å². The molecular weight excluding hydrogens is 379 g/mol. The van der Waals surface area contributed by atoms with Gasteiger partial charge in [0, 0.05) is 31.1 Å².